The molecule has 0 bridgehead atoms. The lowest BCUT2D eigenvalue weighted by atomic mass is 10.1. The lowest BCUT2D eigenvalue weighted by Crippen LogP contribution is -2.45. The third-order valence-electron chi connectivity index (χ3n) is 5.84. The van der Waals surface area contributed by atoms with Crippen LogP contribution in [0.2, 0.25) is 0 Å². The Morgan fingerprint density at radius 1 is 1.10 bits per heavy atom. The number of carbonyl (C=O) groups is 1. The van der Waals surface area contributed by atoms with Crippen molar-refractivity contribution in [3.8, 4) is 0 Å². The van der Waals surface area contributed by atoms with Gasteiger partial charge in [0.25, 0.3) is 5.91 Å². The van der Waals surface area contributed by atoms with Crippen molar-refractivity contribution >= 4 is 5.91 Å². The van der Waals surface area contributed by atoms with Crippen LogP contribution in [-0.4, -0.2) is 78.1 Å². The number of nitrogens with zero attached hydrogens (tertiary/aromatic N) is 4. The summed E-state index contributed by atoms with van der Waals surface area (Å²) in [5.74, 6) is 0.555. The summed E-state index contributed by atoms with van der Waals surface area (Å²) in [6.07, 6.45) is 3.58. The molecule has 1 atom stereocenters. The monoisotopic (exact) mass is 398 g/mol. The number of ether oxygens (including phenoxy) is 1. The van der Waals surface area contributed by atoms with E-state index in [0.29, 0.717) is 24.7 Å². The van der Waals surface area contributed by atoms with Crippen molar-refractivity contribution in [1.82, 2.24) is 19.7 Å². The molecule has 0 radical (unpaired) electrons. The fourth-order valence-electron chi connectivity index (χ4n) is 4.10. The first-order chi connectivity index (χ1) is 14.2. The highest BCUT2D eigenvalue weighted by atomic mass is 16.5. The molecule has 29 heavy (non-hydrogen) atoms. The molecule has 2 aliphatic rings. The number of amides is 1. The van der Waals surface area contributed by atoms with Crippen molar-refractivity contribution in [2.24, 2.45) is 0 Å². The van der Waals surface area contributed by atoms with E-state index in [2.05, 4.69) is 45.1 Å². The van der Waals surface area contributed by atoms with Crippen LogP contribution in [0.5, 0.6) is 0 Å². The first kappa shape index (κ1) is 20.1. The van der Waals surface area contributed by atoms with Gasteiger partial charge in [0.15, 0.2) is 5.69 Å². The summed E-state index contributed by atoms with van der Waals surface area (Å²) in [7, 11) is 1.70. The molecule has 7 nitrogen and oxygen atoms in total. The average molecular weight is 399 g/mol. The van der Waals surface area contributed by atoms with E-state index in [1.54, 1.807) is 7.11 Å². The maximum atomic E-state index is 12.7. The molecule has 2 aliphatic heterocycles. The normalized spacial score (nSPS) is 21.4. The van der Waals surface area contributed by atoms with Crippen LogP contribution >= 0.6 is 0 Å². The number of rotatable bonds is 6. The number of likely N-dealkylation sites (tertiary alicyclic amines) is 1. The van der Waals surface area contributed by atoms with Gasteiger partial charge in [0.05, 0.1) is 12.6 Å². The molecule has 1 aromatic carbocycles. The van der Waals surface area contributed by atoms with Crippen LogP contribution < -0.4 is 0 Å². The van der Waals surface area contributed by atoms with Gasteiger partial charge in [-0.05, 0) is 18.4 Å². The standard InChI is InChI=1S/C22H30N4O3/c1-28-19-8-5-9-26(15-19)22(27)20-17-29-21(23-20)16-25-12-10-24(11-13-25)14-18-6-3-2-4-7-18/h2-4,6-7,17,19H,5,8-16H2,1H3/t19-/m1/s1. The van der Waals surface area contributed by atoms with Crippen molar-refractivity contribution in [3.05, 3.63) is 53.7 Å². The van der Waals surface area contributed by atoms with E-state index in [0.717, 1.165) is 52.1 Å². The number of hydrogen-bond acceptors (Lipinski definition) is 6. The lowest BCUT2D eigenvalue weighted by Gasteiger charge is -2.34. The number of benzene rings is 1. The zero-order chi connectivity index (χ0) is 20.1. The van der Waals surface area contributed by atoms with E-state index in [1.807, 2.05) is 4.90 Å². The number of piperidine rings is 1. The highest BCUT2D eigenvalue weighted by Crippen LogP contribution is 2.17. The van der Waals surface area contributed by atoms with Gasteiger partial charge >= 0.3 is 0 Å². The zero-order valence-corrected chi connectivity index (χ0v) is 17.1. The summed E-state index contributed by atoms with van der Waals surface area (Å²) >= 11 is 0. The fraction of sp³-hybridized carbons (Fsp3) is 0.545. The average Bonchev–Trinajstić information content (AvgIpc) is 3.24. The first-order valence-electron chi connectivity index (χ1n) is 10.5. The van der Waals surface area contributed by atoms with Crippen molar-refractivity contribution in [1.29, 1.82) is 0 Å². The van der Waals surface area contributed by atoms with Crippen LogP contribution in [0.15, 0.2) is 41.0 Å². The SMILES string of the molecule is CO[C@@H]1CCCN(C(=O)c2coc(CN3CCN(Cc4ccccc4)CC3)n2)C1. The van der Waals surface area contributed by atoms with Crippen LogP contribution in [0.3, 0.4) is 0 Å². The number of carbonyl (C=O) groups excluding carboxylic acids is 1. The minimum atomic E-state index is -0.0607. The van der Waals surface area contributed by atoms with E-state index >= 15 is 0 Å². The highest BCUT2D eigenvalue weighted by molar-refractivity contribution is 5.92. The number of methoxy groups -OCH3 is 1. The Hall–Kier alpha value is -2.22. The van der Waals surface area contributed by atoms with Crippen LogP contribution in [0, 0.1) is 0 Å². The quantitative estimate of drug-likeness (QED) is 0.744. The molecule has 0 unspecified atom stereocenters. The molecule has 2 aromatic rings. The largest absolute Gasteiger partial charge is 0.447 e. The van der Waals surface area contributed by atoms with Crippen molar-refractivity contribution in [3.63, 3.8) is 0 Å². The summed E-state index contributed by atoms with van der Waals surface area (Å²) in [5.41, 5.74) is 1.75. The van der Waals surface area contributed by atoms with Crippen molar-refractivity contribution in [2.45, 2.75) is 32.0 Å². The Balaban J connectivity index is 1.26. The smallest absolute Gasteiger partial charge is 0.275 e. The molecule has 1 aromatic heterocycles. The Kier molecular flexibility index (Phi) is 6.59. The summed E-state index contributed by atoms with van der Waals surface area (Å²) in [4.78, 5) is 23.8. The predicted molar refractivity (Wildman–Crippen MR) is 109 cm³/mol. The molecular weight excluding hydrogens is 368 g/mol. The summed E-state index contributed by atoms with van der Waals surface area (Å²) in [5, 5.41) is 0. The Bertz CT molecular complexity index is 786. The minimum Gasteiger partial charge on any atom is -0.447 e. The summed E-state index contributed by atoms with van der Waals surface area (Å²) < 4.78 is 11.0. The summed E-state index contributed by atoms with van der Waals surface area (Å²) in [6, 6.07) is 10.6. The maximum absolute atomic E-state index is 12.7. The van der Waals surface area contributed by atoms with E-state index in [9.17, 15) is 4.79 Å². The van der Waals surface area contributed by atoms with Gasteiger partial charge < -0.3 is 14.1 Å². The van der Waals surface area contributed by atoms with Gasteiger partial charge in [-0.2, -0.15) is 0 Å². The molecule has 0 aliphatic carbocycles. The van der Waals surface area contributed by atoms with Gasteiger partial charge in [0.2, 0.25) is 5.89 Å². The van der Waals surface area contributed by atoms with E-state index in [-0.39, 0.29) is 12.0 Å². The van der Waals surface area contributed by atoms with Crippen LogP contribution in [0.25, 0.3) is 0 Å². The van der Waals surface area contributed by atoms with Gasteiger partial charge in [0.1, 0.15) is 6.26 Å². The fourth-order valence-corrected chi connectivity index (χ4v) is 4.10. The van der Waals surface area contributed by atoms with Crippen LogP contribution in [0.1, 0.15) is 34.8 Å². The second kappa shape index (κ2) is 9.52. The molecular formula is C22H30N4O3. The van der Waals surface area contributed by atoms with Crippen LogP contribution in [0.4, 0.5) is 0 Å². The van der Waals surface area contributed by atoms with Crippen molar-refractivity contribution in [2.75, 3.05) is 46.4 Å². The van der Waals surface area contributed by atoms with Gasteiger partial charge in [-0.1, -0.05) is 30.3 Å². The first-order valence-corrected chi connectivity index (χ1v) is 10.5. The Morgan fingerprint density at radius 2 is 1.83 bits per heavy atom. The molecule has 0 spiro atoms. The molecule has 156 valence electrons. The second-order valence-corrected chi connectivity index (χ2v) is 7.92. The number of oxazole rings is 1. The predicted octanol–water partition coefficient (Wildman–Crippen LogP) is 2.24. The van der Waals surface area contributed by atoms with E-state index < -0.39 is 0 Å². The molecule has 4 rings (SSSR count). The molecule has 2 fully saturated rings. The van der Waals surface area contributed by atoms with Gasteiger partial charge in [-0.15, -0.1) is 0 Å². The van der Waals surface area contributed by atoms with E-state index in [1.165, 1.54) is 11.8 Å². The third kappa shape index (κ3) is 5.23. The highest BCUT2D eigenvalue weighted by Gasteiger charge is 2.27. The Morgan fingerprint density at radius 3 is 2.55 bits per heavy atom. The second-order valence-electron chi connectivity index (χ2n) is 7.92. The topological polar surface area (TPSA) is 62.1 Å². The van der Waals surface area contributed by atoms with Crippen molar-refractivity contribution < 1.29 is 13.9 Å². The minimum absolute atomic E-state index is 0.0607. The summed E-state index contributed by atoms with van der Waals surface area (Å²) in [6.45, 7) is 7.00. The number of aromatic nitrogens is 1. The van der Waals surface area contributed by atoms with Gasteiger partial charge in [-0.25, -0.2) is 4.98 Å². The molecule has 0 N–H and O–H groups in total. The number of hydrogen-bond donors (Lipinski definition) is 0. The maximum Gasteiger partial charge on any atom is 0.275 e. The molecule has 3 heterocycles. The van der Waals surface area contributed by atoms with E-state index in [4.69, 9.17) is 9.15 Å². The molecule has 2 saturated heterocycles. The van der Waals surface area contributed by atoms with Gasteiger partial charge in [0, 0.05) is 52.9 Å². The zero-order valence-electron chi connectivity index (χ0n) is 17.1. The third-order valence-corrected chi connectivity index (χ3v) is 5.84. The molecule has 1 amide bonds. The molecule has 7 heteroatoms. The lowest BCUT2D eigenvalue weighted by molar-refractivity contribution is 0.0265. The number of piperazine rings is 1. The molecule has 0 saturated carbocycles. The van der Waals surface area contributed by atoms with Gasteiger partial charge in [-0.3, -0.25) is 14.6 Å². The van der Waals surface area contributed by atoms with Crippen LogP contribution in [-0.2, 0) is 17.8 Å². The Labute approximate surface area is 172 Å².